The molecule has 112 valence electrons. The number of carbonyl (C=O) groups excluding carboxylic acids is 1. The van der Waals surface area contributed by atoms with E-state index in [2.05, 4.69) is 39.1 Å². The smallest absolute Gasteiger partial charge is 0.257 e. The Morgan fingerprint density at radius 1 is 1.25 bits per heavy atom. The SMILES string of the molecule is Cc1ccc(C(C)C)cc1OCC(=O)NCCC(C)C. The molecule has 0 atom stereocenters. The van der Waals surface area contributed by atoms with Crippen molar-refractivity contribution in [3.8, 4) is 5.75 Å². The number of hydrogen-bond donors (Lipinski definition) is 1. The van der Waals surface area contributed by atoms with Gasteiger partial charge < -0.3 is 10.1 Å². The van der Waals surface area contributed by atoms with Gasteiger partial charge in [0, 0.05) is 6.54 Å². The molecule has 0 aliphatic rings. The molecule has 1 aromatic carbocycles. The zero-order valence-corrected chi connectivity index (χ0v) is 13.3. The van der Waals surface area contributed by atoms with Gasteiger partial charge in [0.2, 0.25) is 0 Å². The Labute approximate surface area is 122 Å². The molecule has 20 heavy (non-hydrogen) atoms. The molecule has 0 radical (unpaired) electrons. The van der Waals surface area contributed by atoms with E-state index in [0.29, 0.717) is 18.4 Å². The van der Waals surface area contributed by atoms with Crippen LogP contribution < -0.4 is 10.1 Å². The first-order valence-corrected chi connectivity index (χ1v) is 7.40. The highest BCUT2D eigenvalue weighted by atomic mass is 16.5. The van der Waals surface area contributed by atoms with Crippen molar-refractivity contribution in [1.82, 2.24) is 5.32 Å². The van der Waals surface area contributed by atoms with Gasteiger partial charge in [0.05, 0.1) is 0 Å². The van der Waals surface area contributed by atoms with Gasteiger partial charge in [-0.05, 0) is 42.4 Å². The number of benzene rings is 1. The van der Waals surface area contributed by atoms with Crippen LogP contribution in [-0.4, -0.2) is 19.1 Å². The molecule has 3 nitrogen and oxygen atoms in total. The number of rotatable bonds is 7. The van der Waals surface area contributed by atoms with Gasteiger partial charge in [-0.2, -0.15) is 0 Å². The highest BCUT2D eigenvalue weighted by Gasteiger charge is 2.07. The Kier molecular flexibility index (Phi) is 6.56. The van der Waals surface area contributed by atoms with Crippen LogP contribution in [0.25, 0.3) is 0 Å². The molecule has 0 saturated heterocycles. The van der Waals surface area contributed by atoms with Gasteiger partial charge in [-0.25, -0.2) is 0 Å². The summed E-state index contributed by atoms with van der Waals surface area (Å²) in [6, 6.07) is 6.18. The third kappa shape index (κ3) is 5.64. The normalized spacial score (nSPS) is 10.9. The van der Waals surface area contributed by atoms with E-state index in [4.69, 9.17) is 4.74 Å². The lowest BCUT2D eigenvalue weighted by Gasteiger charge is -2.13. The van der Waals surface area contributed by atoms with E-state index < -0.39 is 0 Å². The molecule has 0 heterocycles. The molecule has 0 unspecified atom stereocenters. The van der Waals surface area contributed by atoms with Crippen LogP contribution in [0.3, 0.4) is 0 Å². The first kappa shape index (κ1) is 16.5. The summed E-state index contributed by atoms with van der Waals surface area (Å²) in [7, 11) is 0. The maximum atomic E-state index is 11.7. The minimum Gasteiger partial charge on any atom is -0.483 e. The molecular formula is C17H27NO2. The predicted molar refractivity (Wildman–Crippen MR) is 83.2 cm³/mol. The van der Waals surface area contributed by atoms with Gasteiger partial charge in [-0.1, -0.05) is 39.8 Å². The van der Waals surface area contributed by atoms with Crippen molar-refractivity contribution < 1.29 is 9.53 Å². The highest BCUT2D eigenvalue weighted by Crippen LogP contribution is 2.24. The van der Waals surface area contributed by atoms with E-state index in [1.165, 1.54) is 5.56 Å². The standard InChI is InChI=1S/C17H27NO2/c1-12(2)8-9-18-17(19)11-20-16-10-15(13(3)4)7-6-14(16)5/h6-7,10,12-13H,8-9,11H2,1-5H3,(H,18,19). The van der Waals surface area contributed by atoms with Crippen LogP contribution in [0.1, 0.15) is 51.2 Å². The zero-order chi connectivity index (χ0) is 15.1. The summed E-state index contributed by atoms with van der Waals surface area (Å²) >= 11 is 0. The fourth-order valence-electron chi connectivity index (χ4n) is 1.83. The maximum absolute atomic E-state index is 11.7. The van der Waals surface area contributed by atoms with Crippen LogP contribution in [0, 0.1) is 12.8 Å². The summed E-state index contributed by atoms with van der Waals surface area (Å²) < 4.78 is 5.63. The summed E-state index contributed by atoms with van der Waals surface area (Å²) in [6.07, 6.45) is 0.994. The van der Waals surface area contributed by atoms with E-state index in [-0.39, 0.29) is 12.5 Å². The zero-order valence-electron chi connectivity index (χ0n) is 13.3. The van der Waals surface area contributed by atoms with Crippen LogP contribution in [-0.2, 0) is 4.79 Å². The number of nitrogens with one attached hydrogen (secondary N) is 1. The van der Waals surface area contributed by atoms with E-state index >= 15 is 0 Å². The quantitative estimate of drug-likeness (QED) is 0.826. The Hall–Kier alpha value is -1.51. The Morgan fingerprint density at radius 2 is 1.95 bits per heavy atom. The molecule has 1 aromatic rings. The Balaban J connectivity index is 2.48. The average molecular weight is 277 g/mol. The molecule has 1 rings (SSSR count). The molecule has 0 saturated carbocycles. The number of hydrogen-bond acceptors (Lipinski definition) is 2. The number of amides is 1. The van der Waals surface area contributed by atoms with Gasteiger partial charge in [0.15, 0.2) is 6.61 Å². The van der Waals surface area contributed by atoms with Gasteiger partial charge in [0.25, 0.3) is 5.91 Å². The van der Waals surface area contributed by atoms with Crippen molar-refractivity contribution in [3.05, 3.63) is 29.3 Å². The fraction of sp³-hybridized carbons (Fsp3) is 0.588. The van der Waals surface area contributed by atoms with E-state index in [1.807, 2.05) is 19.1 Å². The molecule has 0 fully saturated rings. The fourth-order valence-corrected chi connectivity index (χ4v) is 1.83. The van der Waals surface area contributed by atoms with Crippen LogP contribution in [0.4, 0.5) is 0 Å². The molecule has 1 N–H and O–H groups in total. The number of aryl methyl sites for hydroxylation is 1. The van der Waals surface area contributed by atoms with Gasteiger partial charge in [-0.3, -0.25) is 4.79 Å². The largest absolute Gasteiger partial charge is 0.483 e. The molecule has 3 heteroatoms. The average Bonchev–Trinajstić information content (AvgIpc) is 2.37. The van der Waals surface area contributed by atoms with Crippen molar-refractivity contribution in [1.29, 1.82) is 0 Å². The topological polar surface area (TPSA) is 38.3 Å². The first-order chi connectivity index (χ1) is 9.40. The Morgan fingerprint density at radius 3 is 2.55 bits per heavy atom. The minimum atomic E-state index is -0.0556. The van der Waals surface area contributed by atoms with Crippen molar-refractivity contribution >= 4 is 5.91 Å². The molecule has 0 aromatic heterocycles. The summed E-state index contributed by atoms with van der Waals surface area (Å²) in [4.78, 5) is 11.7. The van der Waals surface area contributed by atoms with Crippen LogP contribution in [0.5, 0.6) is 5.75 Å². The Bertz CT molecular complexity index is 439. The maximum Gasteiger partial charge on any atom is 0.257 e. The second kappa shape index (κ2) is 7.93. The van der Waals surface area contributed by atoms with E-state index in [0.717, 1.165) is 17.7 Å². The summed E-state index contributed by atoms with van der Waals surface area (Å²) in [5, 5.41) is 2.88. The summed E-state index contributed by atoms with van der Waals surface area (Å²) in [5.74, 6) is 1.80. The molecule has 0 bridgehead atoms. The highest BCUT2D eigenvalue weighted by molar-refractivity contribution is 5.77. The van der Waals surface area contributed by atoms with Crippen molar-refractivity contribution in [2.24, 2.45) is 5.92 Å². The van der Waals surface area contributed by atoms with Gasteiger partial charge in [-0.15, -0.1) is 0 Å². The van der Waals surface area contributed by atoms with Gasteiger partial charge in [0.1, 0.15) is 5.75 Å². The molecule has 0 aliphatic heterocycles. The van der Waals surface area contributed by atoms with Crippen molar-refractivity contribution in [3.63, 3.8) is 0 Å². The third-order valence-corrected chi connectivity index (χ3v) is 3.28. The van der Waals surface area contributed by atoms with Crippen LogP contribution in [0.2, 0.25) is 0 Å². The molecule has 0 aliphatic carbocycles. The molecule has 0 spiro atoms. The second-order valence-corrected chi connectivity index (χ2v) is 6.00. The predicted octanol–water partition coefficient (Wildman–Crippen LogP) is 3.66. The summed E-state index contributed by atoms with van der Waals surface area (Å²) in [6.45, 7) is 11.4. The first-order valence-electron chi connectivity index (χ1n) is 7.40. The second-order valence-electron chi connectivity index (χ2n) is 6.00. The van der Waals surface area contributed by atoms with E-state index in [1.54, 1.807) is 0 Å². The number of ether oxygens (including phenoxy) is 1. The lowest BCUT2D eigenvalue weighted by atomic mass is 10.0. The molecule has 1 amide bonds. The van der Waals surface area contributed by atoms with Crippen LogP contribution >= 0.6 is 0 Å². The van der Waals surface area contributed by atoms with Crippen molar-refractivity contribution in [2.75, 3.05) is 13.2 Å². The third-order valence-electron chi connectivity index (χ3n) is 3.28. The van der Waals surface area contributed by atoms with Crippen LogP contribution in [0.15, 0.2) is 18.2 Å². The lowest BCUT2D eigenvalue weighted by Crippen LogP contribution is -2.30. The minimum absolute atomic E-state index is 0.0556. The number of carbonyl (C=O) groups is 1. The van der Waals surface area contributed by atoms with E-state index in [9.17, 15) is 4.79 Å². The summed E-state index contributed by atoms with van der Waals surface area (Å²) in [5.41, 5.74) is 2.29. The lowest BCUT2D eigenvalue weighted by molar-refractivity contribution is -0.123. The van der Waals surface area contributed by atoms with Gasteiger partial charge >= 0.3 is 0 Å². The monoisotopic (exact) mass is 277 g/mol. The van der Waals surface area contributed by atoms with Crippen molar-refractivity contribution in [2.45, 2.75) is 47.0 Å². The molecular weight excluding hydrogens is 250 g/mol.